The summed E-state index contributed by atoms with van der Waals surface area (Å²) in [6, 6.07) is 4.20. The molecule has 1 aromatic carbocycles. The molecule has 1 fully saturated rings. The number of hydrogen-bond donors (Lipinski definition) is 2. The van der Waals surface area contributed by atoms with Crippen LogP contribution < -0.4 is 10.6 Å². The fraction of sp³-hybridized carbons (Fsp3) is 0.429. The maximum atomic E-state index is 13.3. The van der Waals surface area contributed by atoms with Crippen LogP contribution in [0.3, 0.4) is 0 Å². The van der Waals surface area contributed by atoms with E-state index in [1.54, 1.807) is 7.05 Å². The number of halogens is 2. The highest BCUT2D eigenvalue weighted by molar-refractivity contribution is 5.91. The highest BCUT2D eigenvalue weighted by atomic mass is 19.1. The van der Waals surface area contributed by atoms with Crippen molar-refractivity contribution in [2.24, 2.45) is 5.92 Å². The number of carbonyl (C=O) groups excluding carboxylic acids is 3. The van der Waals surface area contributed by atoms with Crippen LogP contribution in [0.25, 0.3) is 0 Å². The summed E-state index contributed by atoms with van der Waals surface area (Å²) in [5, 5.41) is 8.99. The Morgan fingerprint density at radius 2 is 1.97 bits per heavy atom. The molecule has 0 radical (unpaired) electrons. The summed E-state index contributed by atoms with van der Waals surface area (Å²) in [6.45, 7) is 0.263. The standard InChI is InChI=1S/C21H24F2N4O4/c1-27-12-17(26-21(30)18-5-6-25-31-18)4-2-3-14(9-19(27)28)20(29)24-11-13-7-15(22)10-16(23)8-13/h5-8,10,14,17H,2-4,9,11-12H2,1H3,(H,24,29)(H,26,30)/t14-,17-/m1/s1. The van der Waals surface area contributed by atoms with Gasteiger partial charge in [0.15, 0.2) is 0 Å². The fourth-order valence-electron chi connectivity index (χ4n) is 3.58. The van der Waals surface area contributed by atoms with Crippen molar-refractivity contribution in [1.82, 2.24) is 20.7 Å². The summed E-state index contributed by atoms with van der Waals surface area (Å²) in [7, 11) is 1.62. The third-order valence-corrected chi connectivity index (χ3v) is 5.20. The lowest BCUT2D eigenvalue weighted by Crippen LogP contribution is -2.44. The molecule has 2 aromatic rings. The second kappa shape index (κ2) is 10.1. The van der Waals surface area contributed by atoms with Crippen LogP contribution in [0.5, 0.6) is 0 Å². The average molecular weight is 434 g/mol. The van der Waals surface area contributed by atoms with Gasteiger partial charge in [0, 0.05) is 50.7 Å². The molecule has 3 amide bonds. The Kier molecular flexibility index (Phi) is 7.32. The number of hydrogen-bond acceptors (Lipinski definition) is 5. The lowest BCUT2D eigenvalue weighted by molar-refractivity contribution is -0.135. The zero-order valence-electron chi connectivity index (χ0n) is 17.1. The van der Waals surface area contributed by atoms with E-state index in [1.165, 1.54) is 17.2 Å². The minimum atomic E-state index is -0.720. The Labute approximate surface area is 178 Å². The summed E-state index contributed by atoms with van der Waals surface area (Å²) in [5.41, 5.74) is 0.299. The Bertz CT molecular complexity index is 915. The van der Waals surface area contributed by atoms with E-state index in [0.29, 0.717) is 31.4 Å². The van der Waals surface area contributed by atoms with E-state index >= 15 is 0 Å². The predicted molar refractivity (Wildman–Crippen MR) is 106 cm³/mol. The van der Waals surface area contributed by atoms with Gasteiger partial charge in [-0.05, 0) is 30.5 Å². The molecule has 1 saturated heterocycles. The topological polar surface area (TPSA) is 105 Å². The molecule has 8 nitrogen and oxygen atoms in total. The van der Waals surface area contributed by atoms with Crippen LogP contribution in [0.1, 0.15) is 41.8 Å². The smallest absolute Gasteiger partial charge is 0.290 e. The van der Waals surface area contributed by atoms with Crippen molar-refractivity contribution in [3.05, 3.63) is 53.4 Å². The third-order valence-electron chi connectivity index (χ3n) is 5.20. The van der Waals surface area contributed by atoms with Crippen LogP contribution in [-0.4, -0.2) is 47.4 Å². The first-order valence-electron chi connectivity index (χ1n) is 10.00. The lowest BCUT2D eigenvalue weighted by atomic mass is 9.96. The minimum absolute atomic E-state index is 0.0165. The molecule has 31 heavy (non-hydrogen) atoms. The molecule has 1 aromatic heterocycles. The van der Waals surface area contributed by atoms with Crippen LogP contribution in [0, 0.1) is 17.6 Å². The molecular weight excluding hydrogens is 410 g/mol. The van der Waals surface area contributed by atoms with Gasteiger partial charge in [0.2, 0.25) is 17.6 Å². The molecule has 0 aliphatic carbocycles. The predicted octanol–water partition coefficient (Wildman–Crippen LogP) is 2.02. The van der Waals surface area contributed by atoms with E-state index < -0.39 is 23.5 Å². The number of amides is 3. The van der Waals surface area contributed by atoms with Gasteiger partial charge >= 0.3 is 0 Å². The number of nitrogens with one attached hydrogen (secondary N) is 2. The molecule has 0 saturated carbocycles. The zero-order valence-corrected chi connectivity index (χ0v) is 17.1. The molecule has 1 aliphatic heterocycles. The van der Waals surface area contributed by atoms with E-state index in [9.17, 15) is 23.2 Å². The third kappa shape index (κ3) is 6.34. The van der Waals surface area contributed by atoms with E-state index in [1.807, 2.05) is 0 Å². The van der Waals surface area contributed by atoms with Gasteiger partial charge in [0.1, 0.15) is 11.6 Å². The zero-order chi connectivity index (χ0) is 22.4. The largest absolute Gasteiger partial charge is 0.352 e. The fourth-order valence-corrected chi connectivity index (χ4v) is 3.58. The SMILES string of the molecule is CN1C[C@H](NC(=O)c2ccno2)CCC[C@@H](C(=O)NCc2cc(F)cc(F)c2)CC1=O. The lowest BCUT2D eigenvalue weighted by Gasteiger charge is -2.24. The van der Waals surface area contributed by atoms with Gasteiger partial charge in [-0.2, -0.15) is 0 Å². The quantitative estimate of drug-likeness (QED) is 0.749. The van der Waals surface area contributed by atoms with Gasteiger partial charge in [-0.1, -0.05) is 11.6 Å². The van der Waals surface area contributed by atoms with Gasteiger partial charge in [-0.25, -0.2) is 8.78 Å². The van der Waals surface area contributed by atoms with Crippen molar-refractivity contribution in [3.63, 3.8) is 0 Å². The summed E-state index contributed by atoms with van der Waals surface area (Å²) in [4.78, 5) is 38.9. The van der Waals surface area contributed by atoms with Gasteiger partial charge in [-0.3, -0.25) is 14.4 Å². The number of rotatable bonds is 5. The number of carbonyl (C=O) groups is 3. The van der Waals surface area contributed by atoms with E-state index in [0.717, 1.165) is 18.2 Å². The van der Waals surface area contributed by atoms with Crippen LogP contribution in [-0.2, 0) is 16.1 Å². The second-order valence-electron chi connectivity index (χ2n) is 7.65. The van der Waals surface area contributed by atoms with Crippen molar-refractivity contribution < 1.29 is 27.7 Å². The second-order valence-corrected chi connectivity index (χ2v) is 7.65. The molecule has 0 bridgehead atoms. The van der Waals surface area contributed by atoms with Crippen molar-refractivity contribution in [2.45, 2.75) is 38.3 Å². The monoisotopic (exact) mass is 434 g/mol. The normalized spacial score (nSPS) is 19.8. The van der Waals surface area contributed by atoms with Crippen LogP contribution in [0.2, 0.25) is 0 Å². The van der Waals surface area contributed by atoms with Crippen LogP contribution in [0.4, 0.5) is 8.78 Å². The van der Waals surface area contributed by atoms with Gasteiger partial charge < -0.3 is 20.1 Å². The van der Waals surface area contributed by atoms with Crippen molar-refractivity contribution in [3.8, 4) is 0 Å². The molecule has 2 heterocycles. The van der Waals surface area contributed by atoms with Gasteiger partial charge in [0.05, 0.1) is 6.20 Å². The summed E-state index contributed by atoms with van der Waals surface area (Å²) in [6.07, 6.45) is 3.00. The van der Waals surface area contributed by atoms with E-state index in [-0.39, 0.29) is 36.6 Å². The molecule has 0 unspecified atom stereocenters. The number of nitrogens with zero attached hydrogens (tertiary/aromatic N) is 2. The summed E-state index contributed by atoms with van der Waals surface area (Å²) < 4.78 is 31.5. The highest BCUT2D eigenvalue weighted by Gasteiger charge is 2.28. The molecule has 3 rings (SSSR count). The Morgan fingerprint density at radius 3 is 2.65 bits per heavy atom. The maximum Gasteiger partial charge on any atom is 0.290 e. The average Bonchev–Trinajstić information content (AvgIpc) is 3.26. The summed E-state index contributed by atoms with van der Waals surface area (Å²) >= 11 is 0. The van der Waals surface area contributed by atoms with Gasteiger partial charge in [-0.15, -0.1) is 0 Å². The minimum Gasteiger partial charge on any atom is -0.352 e. The van der Waals surface area contributed by atoms with E-state index in [4.69, 9.17) is 4.52 Å². The molecule has 0 spiro atoms. The Hall–Kier alpha value is -3.30. The molecule has 166 valence electrons. The Morgan fingerprint density at radius 1 is 1.23 bits per heavy atom. The molecule has 10 heteroatoms. The number of likely N-dealkylation sites (N-methyl/N-ethyl adjacent to an activating group) is 1. The number of aromatic nitrogens is 1. The molecule has 2 atom stereocenters. The van der Waals surface area contributed by atoms with Crippen molar-refractivity contribution in [1.29, 1.82) is 0 Å². The van der Waals surface area contributed by atoms with Crippen LogP contribution in [0.15, 0.2) is 35.0 Å². The first-order valence-corrected chi connectivity index (χ1v) is 10.00. The first kappa shape index (κ1) is 22.4. The molecule has 2 N–H and O–H groups in total. The highest BCUT2D eigenvalue weighted by Crippen LogP contribution is 2.19. The van der Waals surface area contributed by atoms with Crippen LogP contribution >= 0.6 is 0 Å². The van der Waals surface area contributed by atoms with Gasteiger partial charge in [0.25, 0.3) is 5.91 Å². The maximum absolute atomic E-state index is 13.3. The molecule has 1 aliphatic rings. The Balaban J connectivity index is 1.58. The van der Waals surface area contributed by atoms with E-state index in [2.05, 4.69) is 15.8 Å². The molecular formula is C21H24F2N4O4. The van der Waals surface area contributed by atoms with Crippen molar-refractivity contribution >= 4 is 17.7 Å². The number of benzene rings is 1. The first-order chi connectivity index (χ1) is 14.8. The van der Waals surface area contributed by atoms with Crippen molar-refractivity contribution in [2.75, 3.05) is 13.6 Å². The summed E-state index contributed by atoms with van der Waals surface area (Å²) in [5.74, 6) is -2.92.